The molecule has 27 heavy (non-hydrogen) atoms. The first-order valence-corrected chi connectivity index (χ1v) is 10.1. The molecule has 4 rings (SSSR count). The van der Waals surface area contributed by atoms with E-state index in [4.69, 9.17) is 11.6 Å². The third kappa shape index (κ3) is 6.00. The van der Waals surface area contributed by atoms with E-state index in [-0.39, 0.29) is 11.6 Å². The molecule has 2 aliphatic heterocycles. The van der Waals surface area contributed by atoms with Gasteiger partial charge in [-0.05, 0) is 105 Å². The molecule has 2 saturated heterocycles. The molecule has 0 spiro atoms. The molecule has 0 saturated carbocycles. The molecule has 0 aromatic heterocycles. The van der Waals surface area contributed by atoms with Crippen LogP contribution in [0.15, 0.2) is 42.5 Å². The first-order chi connectivity index (χ1) is 13.1. The summed E-state index contributed by atoms with van der Waals surface area (Å²) in [6.07, 6.45) is 4.35. The summed E-state index contributed by atoms with van der Waals surface area (Å²) in [6.45, 7) is 4.11. The van der Waals surface area contributed by atoms with Crippen LogP contribution in [0.4, 0.5) is 8.78 Å². The Morgan fingerprint density at radius 3 is 1.96 bits per heavy atom. The van der Waals surface area contributed by atoms with Crippen molar-refractivity contribution in [3.63, 3.8) is 0 Å². The number of benzene rings is 2. The predicted molar refractivity (Wildman–Crippen MR) is 107 cm³/mol. The molecule has 0 aliphatic carbocycles. The number of hydrogen-bond acceptors (Lipinski definition) is 2. The monoisotopic (exact) mass is 392 g/mol. The molecule has 2 nitrogen and oxygen atoms in total. The summed E-state index contributed by atoms with van der Waals surface area (Å²) < 4.78 is 25.9. The van der Waals surface area contributed by atoms with Crippen LogP contribution < -0.4 is 10.6 Å². The van der Waals surface area contributed by atoms with Crippen molar-refractivity contribution >= 4 is 11.6 Å². The second-order valence-corrected chi connectivity index (χ2v) is 7.68. The highest BCUT2D eigenvalue weighted by atomic mass is 35.5. The molecular formula is C22H27ClF2N2. The van der Waals surface area contributed by atoms with Crippen molar-refractivity contribution in [2.45, 2.75) is 37.5 Å². The number of rotatable bonds is 2. The fourth-order valence-corrected chi connectivity index (χ4v) is 4.15. The van der Waals surface area contributed by atoms with Gasteiger partial charge in [-0.25, -0.2) is 8.78 Å². The van der Waals surface area contributed by atoms with Crippen LogP contribution in [0.3, 0.4) is 0 Å². The van der Waals surface area contributed by atoms with Crippen LogP contribution in [-0.2, 0) is 0 Å². The van der Waals surface area contributed by atoms with Crippen molar-refractivity contribution in [2.75, 3.05) is 26.2 Å². The Kier molecular flexibility index (Phi) is 7.62. The number of nitrogens with one attached hydrogen (secondary N) is 2. The Balaban J connectivity index is 0.000000156. The molecule has 0 unspecified atom stereocenters. The highest BCUT2D eigenvalue weighted by Crippen LogP contribution is 2.31. The van der Waals surface area contributed by atoms with E-state index in [1.165, 1.54) is 12.1 Å². The van der Waals surface area contributed by atoms with Crippen LogP contribution >= 0.6 is 11.6 Å². The fraction of sp³-hybridized carbons (Fsp3) is 0.455. The van der Waals surface area contributed by atoms with Gasteiger partial charge in [-0.3, -0.25) is 0 Å². The summed E-state index contributed by atoms with van der Waals surface area (Å²) >= 11 is 6.04. The van der Waals surface area contributed by atoms with Gasteiger partial charge in [0.05, 0.1) is 0 Å². The maximum absolute atomic E-state index is 13.0. The standard InChI is InChI=1S/C11H13ClFN.C11H14FN/c12-11-2-1-9(13)7-10(11)8-3-5-14-6-4-8;12-11-3-1-2-10(8-11)9-4-6-13-7-5-9/h1-2,7-8,14H,3-6H2;1-3,8-9,13H,4-7H2. The summed E-state index contributed by atoms with van der Waals surface area (Å²) in [5.41, 5.74) is 2.12. The van der Waals surface area contributed by atoms with Crippen LogP contribution in [-0.4, -0.2) is 26.2 Å². The van der Waals surface area contributed by atoms with Crippen LogP contribution in [0.1, 0.15) is 48.6 Å². The van der Waals surface area contributed by atoms with E-state index < -0.39 is 0 Å². The zero-order valence-electron chi connectivity index (χ0n) is 15.5. The summed E-state index contributed by atoms with van der Waals surface area (Å²) in [7, 11) is 0. The van der Waals surface area contributed by atoms with Crippen molar-refractivity contribution in [3.05, 3.63) is 70.2 Å². The number of hydrogen-bond donors (Lipinski definition) is 2. The van der Waals surface area contributed by atoms with Crippen LogP contribution in [0, 0.1) is 11.6 Å². The molecule has 0 bridgehead atoms. The van der Waals surface area contributed by atoms with Gasteiger partial charge in [-0.2, -0.15) is 0 Å². The molecule has 2 heterocycles. The molecule has 2 aromatic carbocycles. The SMILES string of the molecule is Fc1ccc(Cl)c(C2CCNCC2)c1.Fc1cccc(C2CCNCC2)c1. The first kappa shape index (κ1) is 20.2. The molecule has 0 amide bonds. The third-order valence-corrected chi connectivity index (χ3v) is 5.74. The number of halogens is 3. The molecular weight excluding hydrogens is 366 g/mol. The highest BCUT2D eigenvalue weighted by molar-refractivity contribution is 6.31. The normalized spacial score (nSPS) is 18.6. The Morgan fingerprint density at radius 1 is 0.741 bits per heavy atom. The third-order valence-electron chi connectivity index (χ3n) is 5.40. The van der Waals surface area contributed by atoms with Gasteiger partial charge in [0.15, 0.2) is 0 Å². The Morgan fingerprint density at radius 2 is 1.33 bits per heavy atom. The molecule has 0 atom stereocenters. The minimum absolute atomic E-state index is 0.115. The molecule has 2 fully saturated rings. The number of piperidine rings is 2. The van der Waals surface area contributed by atoms with E-state index in [1.807, 2.05) is 6.07 Å². The minimum Gasteiger partial charge on any atom is -0.317 e. The second kappa shape index (κ2) is 10.2. The van der Waals surface area contributed by atoms with Crippen LogP contribution in [0.2, 0.25) is 5.02 Å². The van der Waals surface area contributed by atoms with Gasteiger partial charge < -0.3 is 10.6 Å². The van der Waals surface area contributed by atoms with E-state index in [9.17, 15) is 8.78 Å². The van der Waals surface area contributed by atoms with Crippen LogP contribution in [0.5, 0.6) is 0 Å². The summed E-state index contributed by atoms with van der Waals surface area (Å²) in [4.78, 5) is 0. The lowest BCUT2D eigenvalue weighted by atomic mass is 9.90. The van der Waals surface area contributed by atoms with Crippen molar-refractivity contribution in [2.24, 2.45) is 0 Å². The average molecular weight is 393 g/mol. The first-order valence-electron chi connectivity index (χ1n) is 9.75. The van der Waals surface area contributed by atoms with Gasteiger partial charge in [0.2, 0.25) is 0 Å². The molecule has 5 heteroatoms. The molecule has 0 radical (unpaired) electrons. The van der Waals surface area contributed by atoms with Crippen molar-refractivity contribution in [1.29, 1.82) is 0 Å². The van der Waals surface area contributed by atoms with E-state index in [2.05, 4.69) is 10.6 Å². The van der Waals surface area contributed by atoms with Gasteiger partial charge in [-0.1, -0.05) is 23.7 Å². The van der Waals surface area contributed by atoms with Crippen molar-refractivity contribution in [3.8, 4) is 0 Å². The summed E-state index contributed by atoms with van der Waals surface area (Å²) in [5, 5.41) is 7.28. The quantitative estimate of drug-likeness (QED) is 0.730. The molecule has 146 valence electrons. The zero-order chi connectivity index (χ0) is 19.1. The minimum atomic E-state index is -0.192. The molecule has 2 aromatic rings. The van der Waals surface area contributed by atoms with Gasteiger partial charge in [0, 0.05) is 5.02 Å². The molecule has 2 N–H and O–H groups in total. The smallest absolute Gasteiger partial charge is 0.123 e. The summed E-state index contributed by atoms with van der Waals surface area (Å²) in [6, 6.07) is 11.6. The van der Waals surface area contributed by atoms with Gasteiger partial charge in [-0.15, -0.1) is 0 Å². The molecule has 2 aliphatic rings. The van der Waals surface area contributed by atoms with E-state index in [0.29, 0.717) is 16.9 Å². The second-order valence-electron chi connectivity index (χ2n) is 7.27. The lowest BCUT2D eigenvalue weighted by Gasteiger charge is -2.23. The maximum atomic E-state index is 13.0. The maximum Gasteiger partial charge on any atom is 0.123 e. The lowest BCUT2D eigenvalue weighted by molar-refractivity contribution is 0.458. The van der Waals surface area contributed by atoms with Gasteiger partial charge in [0.25, 0.3) is 0 Å². The topological polar surface area (TPSA) is 24.1 Å². The lowest BCUT2D eigenvalue weighted by Crippen LogP contribution is -2.26. The van der Waals surface area contributed by atoms with Crippen molar-refractivity contribution < 1.29 is 8.78 Å². The Hall–Kier alpha value is -1.49. The predicted octanol–water partition coefficient (Wildman–Crippen LogP) is 5.24. The van der Waals surface area contributed by atoms with E-state index >= 15 is 0 Å². The Labute approximate surface area is 165 Å². The van der Waals surface area contributed by atoms with Gasteiger partial charge >= 0.3 is 0 Å². The largest absolute Gasteiger partial charge is 0.317 e. The van der Waals surface area contributed by atoms with Crippen molar-refractivity contribution in [1.82, 2.24) is 10.6 Å². The summed E-state index contributed by atoms with van der Waals surface area (Å²) in [5.74, 6) is 0.662. The average Bonchev–Trinajstić information content (AvgIpc) is 2.72. The van der Waals surface area contributed by atoms with Gasteiger partial charge in [0.1, 0.15) is 11.6 Å². The zero-order valence-corrected chi connectivity index (χ0v) is 16.2. The van der Waals surface area contributed by atoms with E-state index in [1.54, 1.807) is 24.3 Å². The van der Waals surface area contributed by atoms with Crippen LogP contribution in [0.25, 0.3) is 0 Å². The fourth-order valence-electron chi connectivity index (χ4n) is 3.88. The van der Waals surface area contributed by atoms with E-state index in [0.717, 1.165) is 63.0 Å². The highest BCUT2D eigenvalue weighted by Gasteiger charge is 2.18. The Bertz CT molecular complexity index is 726.